The van der Waals surface area contributed by atoms with Gasteiger partial charge in [-0.2, -0.15) is 18.2 Å². The topological polar surface area (TPSA) is 73.9 Å². The summed E-state index contributed by atoms with van der Waals surface area (Å²) in [6.45, 7) is 1.60. The van der Waals surface area contributed by atoms with Crippen molar-refractivity contribution in [1.29, 1.82) is 0 Å². The second-order valence-electron chi connectivity index (χ2n) is 4.97. The fourth-order valence-electron chi connectivity index (χ4n) is 2.26. The summed E-state index contributed by atoms with van der Waals surface area (Å²) < 4.78 is 48.4. The minimum Gasteiger partial charge on any atom is -0.480 e. The maximum atomic E-state index is 12.9. The molecule has 6 nitrogen and oxygen atoms in total. The summed E-state index contributed by atoms with van der Waals surface area (Å²) in [5.74, 6) is 0.170. The second-order valence-corrected chi connectivity index (χ2v) is 4.97. The average molecular weight is 324 g/mol. The molecular formula is C14H11F3N4O2. The molecule has 0 fully saturated rings. The van der Waals surface area contributed by atoms with E-state index in [9.17, 15) is 13.2 Å². The van der Waals surface area contributed by atoms with E-state index in [-0.39, 0.29) is 23.6 Å². The van der Waals surface area contributed by atoms with Crippen LogP contribution < -0.4 is 4.74 Å². The van der Waals surface area contributed by atoms with Crippen LogP contribution in [-0.2, 0) is 12.6 Å². The van der Waals surface area contributed by atoms with Crippen LogP contribution in [0, 0.1) is 6.92 Å². The van der Waals surface area contributed by atoms with E-state index in [4.69, 9.17) is 4.74 Å². The van der Waals surface area contributed by atoms with Gasteiger partial charge in [-0.05, 0) is 34.9 Å². The van der Waals surface area contributed by atoms with Crippen LogP contribution in [0.25, 0.3) is 11.3 Å². The smallest absolute Gasteiger partial charge is 0.416 e. The van der Waals surface area contributed by atoms with Crippen molar-refractivity contribution in [2.45, 2.75) is 19.5 Å². The Balaban J connectivity index is 2.03. The number of hydrogen-bond acceptors (Lipinski definition) is 6. The summed E-state index contributed by atoms with van der Waals surface area (Å²) >= 11 is 0. The Morgan fingerprint density at radius 3 is 2.43 bits per heavy atom. The number of hydrogen-bond donors (Lipinski definition) is 0. The number of aryl methyl sites for hydroxylation is 1. The largest absolute Gasteiger partial charge is 0.480 e. The van der Waals surface area contributed by atoms with Gasteiger partial charge in [-0.1, -0.05) is 11.6 Å². The van der Waals surface area contributed by atoms with Crippen molar-refractivity contribution in [2.75, 3.05) is 7.11 Å². The van der Waals surface area contributed by atoms with Crippen LogP contribution in [0.15, 0.2) is 22.8 Å². The number of fused-ring (bicyclic) bond motifs is 1. The molecular weight excluding hydrogens is 313 g/mol. The molecule has 0 saturated carbocycles. The second kappa shape index (κ2) is 5.49. The van der Waals surface area contributed by atoms with E-state index in [1.807, 2.05) is 0 Å². The van der Waals surface area contributed by atoms with Gasteiger partial charge in [0.15, 0.2) is 0 Å². The Morgan fingerprint density at radius 2 is 1.78 bits per heavy atom. The number of benzene rings is 1. The lowest BCUT2D eigenvalue weighted by molar-refractivity contribution is -0.137. The highest BCUT2D eigenvalue weighted by Gasteiger charge is 2.31. The predicted molar refractivity (Wildman–Crippen MR) is 72.9 cm³/mol. The maximum Gasteiger partial charge on any atom is 0.416 e. The highest BCUT2D eigenvalue weighted by Crippen LogP contribution is 2.31. The van der Waals surface area contributed by atoms with E-state index in [0.717, 1.165) is 12.1 Å². The Kier molecular flexibility index (Phi) is 3.63. The minimum absolute atomic E-state index is 0.115. The molecule has 0 bridgehead atoms. The van der Waals surface area contributed by atoms with Crippen molar-refractivity contribution in [3.05, 3.63) is 40.6 Å². The Bertz CT molecular complexity index is 861. The molecule has 120 valence electrons. The van der Waals surface area contributed by atoms with E-state index in [1.165, 1.54) is 7.11 Å². The molecule has 0 aliphatic heterocycles. The summed E-state index contributed by atoms with van der Waals surface area (Å²) in [7, 11) is 1.39. The number of rotatable bonds is 3. The average Bonchev–Trinajstić information content (AvgIpc) is 2.92. The molecule has 0 N–H and O–H groups in total. The van der Waals surface area contributed by atoms with Gasteiger partial charge in [0.05, 0.1) is 12.7 Å². The van der Waals surface area contributed by atoms with Crippen molar-refractivity contribution < 1.29 is 22.5 Å². The fourth-order valence-corrected chi connectivity index (χ4v) is 2.26. The highest BCUT2D eigenvalue weighted by atomic mass is 19.4. The molecule has 0 radical (unpaired) electrons. The molecule has 9 heteroatoms. The summed E-state index contributed by atoms with van der Waals surface area (Å²) in [5.41, 5.74) is 0.944. The normalized spacial score (nSPS) is 11.9. The Labute approximate surface area is 128 Å². The van der Waals surface area contributed by atoms with Gasteiger partial charge in [-0.3, -0.25) is 0 Å². The minimum atomic E-state index is -4.41. The molecule has 23 heavy (non-hydrogen) atoms. The highest BCUT2D eigenvalue weighted by molar-refractivity contribution is 5.64. The molecule has 0 aliphatic carbocycles. The van der Waals surface area contributed by atoms with Crippen molar-refractivity contribution >= 4 is 11.3 Å². The van der Waals surface area contributed by atoms with E-state index in [1.54, 1.807) is 13.0 Å². The van der Waals surface area contributed by atoms with Crippen LogP contribution >= 0.6 is 0 Å². The van der Waals surface area contributed by atoms with Gasteiger partial charge in [0, 0.05) is 6.42 Å². The number of methoxy groups -OCH3 is 1. The molecule has 3 aromatic rings. The lowest BCUT2D eigenvalue weighted by Gasteiger charge is -2.11. The number of nitrogens with zero attached hydrogens (tertiary/aromatic N) is 4. The quantitative estimate of drug-likeness (QED) is 0.737. The molecule has 1 aromatic carbocycles. The van der Waals surface area contributed by atoms with E-state index >= 15 is 0 Å². The lowest BCUT2D eigenvalue weighted by Crippen LogP contribution is -2.07. The number of ether oxygens (including phenoxy) is 1. The van der Waals surface area contributed by atoms with Gasteiger partial charge in [0.2, 0.25) is 17.2 Å². The first kappa shape index (κ1) is 15.2. The standard InChI is InChI=1S/C14H11F3N4O2/c1-7-3-8(5-9(4-7)14(15,16)17)6-10-13(22-2)19-12-11(18-10)20-23-21-12/h3-5H,6H2,1-2H3. The van der Waals surface area contributed by atoms with E-state index in [0.29, 0.717) is 16.8 Å². The van der Waals surface area contributed by atoms with Gasteiger partial charge in [0.25, 0.3) is 0 Å². The first-order chi connectivity index (χ1) is 10.9. The Morgan fingerprint density at radius 1 is 1.09 bits per heavy atom. The van der Waals surface area contributed by atoms with Crippen LogP contribution in [0.3, 0.4) is 0 Å². The van der Waals surface area contributed by atoms with Crippen LogP contribution in [0.5, 0.6) is 5.88 Å². The summed E-state index contributed by atoms with van der Waals surface area (Å²) in [5, 5.41) is 7.12. The molecule has 0 spiro atoms. The summed E-state index contributed by atoms with van der Waals surface area (Å²) in [4.78, 5) is 8.26. The van der Waals surface area contributed by atoms with Crippen molar-refractivity contribution in [3.8, 4) is 5.88 Å². The van der Waals surface area contributed by atoms with Gasteiger partial charge in [0.1, 0.15) is 5.69 Å². The molecule has 3 rings (SSSR count). The van der Waals surface area contributed by atoms with Gasteiger partial charge in [-0.25, -0.2) is 9.61 Å². The number of halogens is 3. The summed E-state index contributed by atoms with van der Waals surface area (Å²) in [6.07, 6.45) is -4.29. The predicted octanol–water partition coefficient (Wildman–Crippen LogP) is 2.94. The SMILES string of the molecule is COc1nc2nonc2nc1Cc1cc(C)cc(C(F)(F)F)c1. The van der Waals surface area contributed by atoms with Crippen LogP contribution in [-0.4, -0.2) is 27.4 Å². The first-order valence-corrected chi connectivity index (χ1v) is 6.58. The third-order valence-electron chi connectivity index (χ3n) is 3.18. The molecule has 0 amide bonds. The fraction of sp³-hybridized carbons (Fsp3) is 0.286. The third-order valence-corrected chi connectivity index (χ3v) is 3.18. The summed E-state index contributed by atoms with van der Waals surface area (Å²) in [6, 6.07) is 3.83. The number of alkyl halides is 3. The molecule has 2 aromatic heterocycles. The zero-order valence-electron chi connectivity index (χ0n) is 12.2. The van der Waals surface area contributed by atoms with Crippen molar-refractivity contribution in [1.82, 2.24) is 20.3 Å². The molecule has 0 unspecified atom stereocenters. The van der Waals surface area contributed by atoms with Crippen molar-refractivity contribution in [3.63, 3.8) is 0 Å². The van der Waals surface area contributed by atoms with Gasteiger partial charge >= 0.3 is 6.18 Å². The number of aromatic nitrogens is 4. The zero-order valence-corrected chi connectivity index (χ0v) is 12.2. The van der Waals surface area contributed by atoms with E-state index in [2.05, 4.69) is 24.9 Å². The maximum absolute atomic E-state index is 12.9. The molecule has 0 saturated heterocycles. The first-order valence-electron chi connectivity index (χ1n) is 6.58. The molecule has 2 heterocycles. The van der Waals surface area contributed by atoms with E-state index < -0.39 is 11.7 Å². The molecule has 0 atom stereocenters. The zero-order chi connectivity index (χ0) is 16.6. The lowest BCUT2D eigenvalue weighted by atomic mass is 10.0. The van der Waals surface area contributed by atoms with Crippen molar-refractivity contribution in [2.24, 2.45) is 0 Å². The Hall–Kier alpha value is -2.71. The monoisotopic (exact) mass is 324 g/mol. The third kappa shape index (κ3) is 3.08. The van der Waals surface area contributed by atoms with Crippen LogP contribution in [0.2, 0.25) is 0 Å². The van der Waals surface area contributed by atoms with Crippen LogP contribution in [0.1, 0.15) is 22.4 Å². The van der Waals surface area contributed by atoms with Gasteiger partial charge < -0.3 is 4.74 Å². The molecule has 0 aliphatic rings. The van der Waals surface area contributed by atoms with Crippen LogP contribution in [0.4, 0.5) is 13.2 Å². The van der Waals surface area contributed by atoms with Gasteiger partial charge in [-0.15, -0.1) is 0 Å².